The van der Waals surface area contributed by atoms with Crippen LogP contribution in [0, 0.1) is 52.3 Å². The van der Waals surface area contributed by atoms with E-state index in [9.17, 15) is 29.0 Å². The topological polar surface area (TPSA) is 113 Å². The zero-order valence-corrected chi connectivity index (χ0v) is 25.0. The molecule has 1 heterocycles. The highest BCUT2D eigenvalue weighted by Crippen LogP contribution is 2.52. The summed E-state index contributed by atoms with van der Waals surface area (Å²) >= 11 is 1.54. The van der Waals surface area contributed by atoms with E-state index in [2.05, 4.69) is 6.07 Å². The largest absolute Gasteiger partial charge is 0.384 e. The summed E-state index contributed by atoms with van der Waals surface area (Å²) < 4.78 is 27.5. The van der Waals surface area contributed by atoms with Gasteiger partial charge in [0.25, 0.3) is 5.69 Å². The third-order valence-corrected chi connectivity index (χ3v) is 9.06. The van der Waals surface area contributed by atoms with E-state index >= 15 is 0 Å². The number of nitriles is 1. The molecule has 0 bridgehead atoms. The van der Waals surface area contributed by atoms with Gasteiger partial charge >= 0.3 is 0 Å². The second-order valence-electron chi connectivity index (χ2n) is 11.7. The molecule has 3 aromatic carbocycles. The number of hydrogen-bond donors (Lipinski definition) is 1. The van der Waals surface area contributed by atoms with Crippen molar-refractivity contribution in [3.05, 3.63) is 121 Å². The molecule has 0 fully saturated rings. The fourth-order valence-electron chi connectivity index (χ4n) is 6.00. The van der Waals surface area contributed by atoms with Crippen LogP contribution >= 0.6 is 11.8 Å². The molecule has 2 N–H and O–H groups in total. The van der Waals surface area contributed by atoms with Crippen LogP contribution in [0.25, 0.3) is 0 Å². The average molecular weight is 601 g/mol. The maximum atomic E-state index is 14.1. The van der Waals surface area contributed by atoms with Gasteiger partial charge in [-0.15, -0.1) is 11.8 Å². The van der Waals surface area contributed by atoms with Gasteiger partial charge in [0.05, 0.1) is 28.5 Å². The monoisotopic (exact) mass is 600 g/mol. The van der Waals surface area contributed by atoms with Gasteiger partial charge in [-0.2, -0.15) is 5.26 Å². The maximum absolute atomic E-state index is 14.1. The second kappa shape index (κ2) is 11.3. The summed E-state index contributed by atoms with van der Waals surface area (Å²) in [5.74, 6) is -1.52. The number of nitrogens with zero attached hydrogens (tertiary/aromatic N) is 3. The number of carbonyl (C=O) groups excluding carboxylic acids is 1. The molecule has 10 heteroatoms. The first-order valence-corrected chi connectivity index (χ1v) is 14.7. The number of ketones is 1. The van der Waals surface area contributed by atoms with Gasteiger partial charge in [-0.25, -0.2) is 8.78 Å². The van der Waals surface area contributed by atoms with E-state index in [1.54, 1.807) is 23.9 Å². The van der Waals surface area contributed by atoms with Gasteiger partial charge in [0.15, 0.2) is 5.78 Å². The molecule has 1 aliphatic heterocycles. The second-order valence-corrected chi connectivity index (χ2v) is 12.8. The maximum Gasteiger partial charge on any atom is 0.296 e. The number of anilines is 1. The van der Waals surface area contributed by atoms with E-state index in [-0.39, 0.29) is 35.1 Å². The lowest BCUT2D eigenvalue weighted by Crippen LogP contribution is -2.42. The fraction of sp³-hybridized carbons (Fsp3) is 0.273. The van der Waals surface area contributed by atoms with Crippen molar-refractivity contribution in [1.29, 1.82) is 5.26 Å². The number of allylic oxidation sites excluding steroid dienone is 3. The molecule has 1 unspecified atom stereocenters. The third-order valence-electron chi connectivity index (χ3n) is 8.00. The van der Waals surface area contributed by atoms with Crippen LogP contribution in [0.4, 0.5) is 20.2 Å². The van der Waals surface area contributed by atoms with Crippen molar-refractivity contribution >= 4 is 28.9 Å². The van der Waals surface area contributed by atoms with Gasteiger partial charge < -0.3 is 5.73 Å². The number of benzene rings is 3. The van der Waals surface area contributed by atoms with Crippen LogP contribution in [0.2, 0.25) is 0 Å². The predicted molar refractivity (Wildman–Crippen MR) is 162 cm³/mol. The molecule has 1 aliphatic carbocycles. The first-order chi connectivity index (χ1) is 20.3. The Labute approximate surface area is 252 Å². The van der Waals surface area contributed by atoms with Gasteiger partial charge in [-0.3, -0.25) is 19.8 Å². The van der Waals surface area contributed by atoms with Gasteiger partial charge in [0.2, 0.25) is 0 Å². The van der Waals surface area contributed by atoms with E-state index in [4.69, 9.17) is 5.73 Å². The number of nitrogens with two attached hydrogens (primary N) is 1. The van der Waals surface area contributed by atoms with E-state index in [0.717, 1.165) is 39.3 Å². The van der Waals surface area contributed by atoms with E-state index in [1.807, 2.05) is 39.8 Å². The Morgan fingerprint density at radius 1 is 1.07 bits per heavy atom. The molecule has 0 saturated carbocycles. The Balaban J connectivity index is 1.70. The van der Waals surface area contributed by atoms with Crippen molar-refractivity contribution in [2.24, 2.45) is 11.1 Å². The van der Waals surface area contributed by atoms with E-state index in [1.165, 1.54) is 23.1 Å². The zero-order valence-electron chi connectivity index (χ0n) is 24.2. The third kappa shape index (κ3) is 5.65. The first kappa shape index (κ1) is 30.0. The highest BCUT2D eigenvalue weighted by molar-refractivity contribution is 7.98. The number of halogens is 2. The number of Topliss-reactive ketones (excluding diaryl/α,β-unsaturated/α-hetero) is 1. The molecule has 3 aromatic rings. The molecular formula is C33H30F2N4O3S. The van der Waals surface area contributed by atoms with Gasteiger partial charge in [-0.05, 0) is 84.3 Å². The van der Waals surface area contributed by atoms with Crippen molar-refractivity contribution in [3.63, 3.8) is 0 Å². The number of nitro benzene ring substituents is 1. The molecule has 2 aliphatic rings. The minimum absolute atomic E-state index is 0.00915. The summed E-state index contributed by atoms with van der Waals surface area (Å²) in [7, 11) is 0. The summed E-state index contributed by atoms with van der Waals surface area (Å²) in [5.41, 5.74) is 10.2. The molecular weight excluding hydrogens is 570 g/mol. The highest BCUT2D eigenvalue weighted by atomic mass is 32.2. The molecule has 5 rings (SSSR count). The van der Waals surface area contributed by atoms with Crippen LogP contribution in [-0.2, 0) is 10.5 Å². The van der Waals surface area contributed by atoms with Crippen molar-refractivity contribution in [2.45, 2.75) is 57.1 Å². The molecule has 0 saturated heterocycles. The number of aryl methyl sites for hydroxylation is 2. The highest BCUT2D eigenvalue weighted by Gasteiger charge is 2.46. The molecule has 0 amide bonds. The molecule has 220 valence electrons. The van der Waals surface area contributed by atoms with Crippen molar-refractivity contribution < 1.29 is 18.5 Å². The Morgan fingerprint density at radius 3 is 2.40 bits per heavy atom. The minimum Gasteiger partial charge on any atom is -0.384 e. The summed E-state index contributed by atoms with van der Waals surface area (Å²) in [6.45, 7) is 7.77. The molecule has 0 spiro atoms. The lowest BCUT2D eigenvalue weighted by Gasteiger charge is -2.43. The summed E-state index contributed by atoms with van der Waals surface area (Å²) in [6.07, 6.45) is 0.579. The number of carbonyl (C=O) groups is 1. The molecule has 1 atom stereocenters. The summed E-state index contributed by atoms with van der Waals surface area (Å²) in [5, 5.41) is 22.5. The van der Waals surface area contributed by atoms with Crippen LogP contribution in [-0.4, -0.2) is 10.7 Å². The summed E-state index contributed by atoms with van der Waals surface area (Å²) in [4.78, 5) is 27.6. The van der Waals surface area contributed by atoms with Crippen LogP contribution in [0.15, 0.2) is 82.2 Å². The smallest absolute Gasteiger partial charge is 0.296 e. The van der Waals surface area contributed by atoms with Crippen LogP contribution in [0.1, 0.15) is 54.9 Å². The van der Waals surface area contributed by atoms with Gasteiger partial charge in [0, 0.05) is 28.3 Å². The summed E-state index contributed by atoms with van der Waals surface area (Å²) in [6, 6.07) is 15.6. The van der Waals surface area contributed by atoms with E-state index < -0.39 is 27.8 Å². The number of hydrogen-bond acceptors (Lipinski definition) is 7. The Hall–Kier alpha value is -4.49. The molecule has 7 nitrogen and oxygen atoms in total. The SMILES string of the molecule is Cc1cc(C)c(C2C(C#N)=C(N)N(c3ccc(F)cc3[N+](=O)[O-])C3=C2C(=O)CC(C)(C)C3)cc1CSc1ccc(F)cc1. The lowest BCUT2D eigenvalue weighted by molar-refractivity contribution is -0.384. The van der Waals surface area contributed by atoms with Crippen molar-refractivity contribution in [2.75, 3.05) is 4.90 Å². The normalized spacial score (nSPS) is 18.0. The van der Waals surface area contributed by atoms with E-state index in [0.29, 0.717) is 23.4 Å². The minimum atomic E-state index is -0.788. The van der Waals surface area contributed by atoms with Crippen LogP contribution < -0.4 is 10.6 Å². The van der Waals surface area contributed by atoms with Crippen LogP contribution in [0.5, 0.6) is 0 Å². The van der Waals surface area contributed by atoms with Crippen molar-refractivity contribution in [3.8, 4) is 6.07 Å². The molecule has 0 radical (unpaired) electrons. The predicted octanol–water partition coefficient (Wildman–Crippen LogP) is 7.72. The quantitative estimate of drug-likeness (QED) is 0.175. The Kier molecular flexibility index (Phi) is 7.88. The Morgan fingerprint density at radius 2 is 1.74 bits per heavy atom. The van der Waals surface area contributed by atoms with Gasteiger partial charge in [-0.1, -0.05) is 26.0 Å². The van der Waals surface area contributed by atoms with Gasteiger partial charge in [0.1, 0.15) is 23.1 Å². The zero-order chi connectivity index (χ0) is 31.2. The molecule has 43 heavy (non-hydrogen) atoms. The average Bonchev–Trinajstić information content (AvgIpc) is 2.93. The number of rotatable bonds is 6. The molecule has 0 aromatic heterocycles. The van der Waals surface area contributed by atoms with Crippen molar-refractivity contribution in [1.82, 2.24) is 0 Å². The van der Waals surface area contributed by atoms with Crippen LogP contribution in [0.3, 0.4) is 0 Å². The standard InChI is InChI=1S/C33H30F2N4O3S/c1-18-11-19(2)24(12-20(18)17-43-23-8-5-21(34)6-9-23)30-25(16-36)32(37)38(26-10-7-22(35)13-27(26)39(41)42)28-14-33(3,4)15-29(40)31(28)30/h5-13,30H,14-15,17,37H2,1-4H3. The first-order valence-electron chi connectivity index (χ1n) is 13.7. The fourth-order valence-corrected chi connectivity index (χ4v) is 6.96. The number of nitro groups is 1. The Bertz CT molecular complexity index is 1770. The lowest BCUT2D eigenvalue weighted by atomic mass is 9.68. The number of thioether (sulfide) groups is 1.